The molecule has 3 atom stereocenters. The Bertz CT molecular complexity index is 673. The second-order valence-electron chi connectivity index (χ2n) is 11.4. The highest BCUT2D eigenvalue weighted by molar-refractivity contribution is 5.79. The van der Waals surface area contributed by atoms with Gasteiger partial charge in [-0.3, -0.25) is 19.5 Å². The van der Waals surface area contributed by atoms with Crippen molar-refractivity contribution in [2.45, 2.75) is 77.3 Å². The summed E-state index contributed by atoms with van der Waals surface area (Å²) in [5.74, 6) is 0.254. The van der Waals surface area contributed by atoms with E-state index in [2.05, 4.69) is 68.2 Å². The largest absolute Gasteiger partial charge is 0.379 e. The van der Waals surface area contributed by atoms with E-state index in [1.165, 1.54) is 0 Å². The second-order valence-corrected chi connectivity index (χ2v) is 11.4. The molecule has 0 bridgehead atoms. The lowest BCUT2D eigenvalue weighted by Gasteiger charge is -2.58. The lowest BCUT2D eigenvalue weighted by Crippen LogP contribution is -2.71. The Morgan fingerprint density at radius 2 is 1.56 bits per heavy atom. The predicted octanol–water partition coefficient (Wildman–Crippen LogP) is 1.45. The number of hydrogen-bond donors (Lipinski definition) is 0. The van der Waals surface area contributed by atoms with E-state index < -0.39 is 0 Å². The number of piperidine rings is 1. The lowest BCUT2D eigenvalue weighted by molar-refractivity contribution is -0.144. The third-order valence-electron chi connectivity index (χ3n) is 9.30. The Hall–Kier alpha value is -0.770. The molecule has 0 aromatic rings. The molecule has 8 nitrogen and oxygen atoms in total. The minimum atomic E-state index is -0.129. The molecule has 0 aromatic carbocycles. The van der Waals surface area contributed by atoms with E-state index in [4.69, 9.17) is 9.47 Å². The van der Waals surface area contributed by atoms with Gasteiger partial charge in [0.25, 0.3) is 0 Å². The highest BCUT2D eigenvalue weighted by atomic mass is 16.5. The number of carbonyl (C=O) groups excluding carboxylic acids is 1. The van der Waals surface area contributed by atoms with E-state index in [-0.39, 0.29) is 29.2 Å². The van der Waals surface area contributed by atoms with Crippen molar-refractivity contribution >= 4 is 5.91 Å². The maximum Gasteiger partial charge on any atom is 0.236 e. The number of rotatable bonds is 9. The first-order valence-electron chi connectivity index (χ1n) is 13.4. The molecule has 0 aromatic heterocycles. The van der Waals surface area contributed by atoms with Crippen molar-refractivity contribution in [3.05, 3.63) is 0 Å². The number of hydrogen-bond acceptors (Lipinski definition) is 7. The summed E-state index contributed by atoms with van der Waals surface area (Å²) in [6.45, 7) is 23.6. The first kappa shape index (κ1) is 27.8. The average Bonchev–Trinajstić information content (AvgIpc) is 2.82. The summed E-state index contributed by atoms with van der Waals surface area (Å²) < 4.78 is 12.3. The fraction of sp³-hybridized carbons (Fsp3) is 0.962. The smallest absolute Gasteiger partial charge is 0.236 e. The third kappa shape index (κ3) is 5.79. The molecule has 3 saturated heterocycles. The minimum absolute atomic E-state index is 0.0835. The van der Waals surface area contributed by atoms with Crippen LogP contribution < -0.4 is 0 Å². The molecule has 0 aliphatic carbocycles. The van der Waals surface area contributed by atoms with Crippen LogP contribution in [0.4, 0.5) is 0 Å². The SMILES string of the molecule is CCN1CCN(C(C)(C)C(C)(C)N2CCN(CC)C(COC3CN(C)CCC3OC)C2)CC1=O. The zero-order chi connectivity index (χ0) is 25.1. The molecule has 0 saturated carbocycles. The summed E-state index contributed by atoms with van der Waals surface area (Å²) in [5, 5.41) is 0. The first-order valence-corrected chi connectivity index (χ1v) is 13.4. The summed E-state index contributed by atoms with van der Waals surface area (Å²) in [6, 6.07) is 0.358. The number of carbonyl (C=O) groups is 1. The second kappa shape index (κ2) is 11.5. The zero-order valence-electron chi connectivity index (χ0n) is 23.2. The number of likely N-dealkylation sites (tertiary alicyclic amines) is 1. The summed E-state index contributed by atoms with van der Waals surface area (Å²) >= 11 is 0. The van der Waals surface area contributed by atoms with Crippen molar-refractivity contribution in [2.24, 2.45) is 0 Å². The topological polar surface area (TPSA) is 51.7 Å². The molecule has 3 aliphatic rings. The number of ether oxygens (including phenoxy) is 2. The fourth-order valence-corrected chi connectivity index (χ4v) is 5.98. The highest BCUT2D eigenvalue weighted by Crippen LogP contribution is 2.35. The van der Waals surface area contributed by atoms with E-state index in [9.17, 15) is 4.79 Å². The van der Waals surface area contributed by atoms with Crippen LogP contribution in [0.25, 0.3) is 0 Å². The molecule has 0 radical (unpaired) electrons. The van der Waals surface area contributed by atoms with Gasteiger partial charge >= 0.3 is 0 Å². The van der Waals surface area contributed by atoms with Crippen molar-refractivity contribution in [2.75, 3.05) is 86.2 Å². The molecule has 0 N–H and O–H groups in total. The zero-order valence-corrected chi connectivity index (χ0v) is 23.2. The van der Waals surface area contributed by atoms with Gasteiger partial charge in [0.15, 0.2) is 0 Å². The molecular formula is C26H51N5O3. The van der Waals surface area contributed by atoms with E-state index in [1.54, 1.807) is 0 Å². The fourth-order valence-electron chi connectivity index (χ4n) is 5.98. The van der Waals surface area contributed by atoms with Crippen LogP contribution in [0.3, 0.4) is 0 Å². The van der Waals surface area contributed by atoms with Crippen LogP contribution in [-0.4, -0.2) is 146 Å². The lowest BCUT2D eigenvalue weighted by atomic mass is 9.78. The number of piperazine rings is 2. The standard InChI is InChI=1S/C26H51N5O3/c1-9-28-13-15-30(17-21(28)20-34-23-18-27(7)12-11-22(23)33-8)25(3,4)26(5,6)31-16-14-29(10-2)24(32)19-31/h21-23H,9-20H2,1-8H3. The van der Waals surface area contributed by atoms with Crippen LogP contribution in [0.2, 0.25) is 0 Å². The van der Waals surface area contributed by atoms with E-state index in [0.717, 1.165) is 71.9 Å². The number of methoxy groups -OCH3 is 1. The average molecular weight is 482 g/mol. The van der Waals surface area contributed by atoms with Gasteiger partial charge in [-0.25, -0.2) is 0 Å². The normalized spacial score (nSPS) is 29.7. The molecule has 34 heavy (non-hydrogen) atoms. The molecule has 3 unspecified atom stereocenters. The van der Waals surface area contributed by atoms with E-state index in [1.807, 2.05) is 12.0 Å². The van der Waals surface area contributed by atoms with Gasteiger partial charge in [0, 0.05) is 76.6 Å². The van der Waals surface area contributed by atoms with Gasteiger partial charge in [0.2, 0.25) is 5.91 Å². The van der Waals surface area contributed by atoms with Crippen LogP contribution in [-0.2, 0) is 14.3 Å². The van der Waals surface area contributed by atoms with Gasteiger partial charge < -0.3 is 19.3 Å². The summed E-state index contributed by atoms with van der Waals surface area (Å²) in [6.07, 6.45) is 1.33. The van der Waals surface area contributed by atoms with E-state index in [0.29, 0.717) is 12.6 Å². The van der Waals surface area contributed by atoms with Gasteiger partial charge in [-0.1, -0.05) is 6.92 Å². The Morgan fingerprint density at radius 3 is 2.18 bits per heavy atom. The Labute approximate surface area is 208 Å². The Balaban J connectivity index is 1.67. The quantitative estimate of drug-likeness (QED) is 0.494. The third-order valence-corrected chi connectivity index (χ3v) is 9.30. The first-order chi connectivity index (χ1) is 16.0. The Kier molecular flexibility index (Phi) is 9.43. The molecule has 3 fully saturated rings. The highest BCUT2D eigenvalue weighted by Gasteiger charge is 2.48. The molecule has 0 spiro atoms. The van der Waals surface area contributed by atoms with Crippen LogP contribution in [0, 0.1) is 0 Å². The number of nitrogens with zero attached hydrogens (tertiary/aromatic N) is 5. The maximum atomic E-state index is 12.7. The molecule has 3 rings (SSSR count). The van der Waals surface area contributed by atoms with Crippen molar-refractivity contribution in [1.82, 2.24) is 24.5 Å². The van der Waals surface area contributed by atoms with Crippen LogP contribution in [0.15, 0.2) is 0 Å². The monoisotopic (exact) mass is 481 g/mol. The van der Waals surface area contributed by atoms with Gasteiger partial charge in [0.1, 0.15) is 0 Å². The summed E-state index contributed by atoms with van der Waals surface area (Å²) in [5.41, 5.74) is -0.213. The number of amides is 1. The molecular weight excluding hydrogens is 430 g/mol. The van der Waals surface area contributed by atoms with Crippen molar-refractivity contribution < 1.29 is 14.3 Å². The molecule has 3 heterocycles. The van der Waals surface area contributed by atoms with Gasteiger partial charge in [-0.05, 0) is 54.6 Å². The van der Waals surface area contributed by atoms with Crippen LogP contribution in [0.5, 0.6) is 0 Å². The van der Waals surface area contributed by atoms with Gasteiger partial charge in [0.05, 0.1) is 25.4 Å². The Morgan fingerprint density at radius 1 is 0.882 bits per heavy atom. The van der Waals surface area contributed by atoms with Crippen molar-refractivity contribution in [3.63, 3.8) is 0 Å². The van der Waals surface area contributed by atoms with Crippen LogP contribution >= 0.6 is 0 Å². The minimum Gasteiger partial charge on any atom is -0.379 e. The van der Waals surface area contributed by atoms with E-state index >= 15 is 0 Å². The van der Waals surface area contributed by atoms with Crippen molar-refractivity contribution in [3.8, 4) is 0 Å². The maximum absolute atomic E-state index is 12.7. The number of likely N-dealkylation sites (N-methyl/N-ethyl adjacent to an activating group) is 3. The molecule has 198 valence electrons. The summed E-state index contributed by atoms with van der Waals surface area (Å²) in [4.78, 5) is 24.6. The molecule has 8 heteroatoms. The van der Waals surface area contributed by atoms with Crippen molar-refractivity contribution in [1.29, 1.82) is 0 Å². The van der Waals surface area contributed by atoms with Gasteiger partial charge in [-0.15, -0.1) is 0 Å². The predicted molar refractivity (Wildman–Crippen MR) is 137 cm³/mol. The summed E-state index contributed by atoms with van der Waals surface area (Å²) in [7, 11) is 3.97. The molecule has 1 amide bonds. The van der Waals surface area contributed by atoms with Crippen LogP contribution in [0.1, 0.15) is 48.0 Å². The van der Waals surface area contributed by atoms with Gasteiger partial charge in [-0.2, -0.15) is 0 Å². The molecule has 3 aliphatic heterocycles.